The number of allylic oxidation sites excluding steroid dienone is 2. The Morgan fingerprint density at radius 1 is 1.15 bits per heavy atom. The van der Waals surface area contributed by atoms with Gasteiger partial charge in [0.1, 0.15) is 0 Å². The van der Waals surface area contributed by atoms with Crippen LogP contribution in [0.25, 0.3) is 0 Å². The average molecular weight is 383 g/mol. The molecule has 1 fully saturated rings. The fourth-order valence-corrected chi connectivity index (χ4v) is 3.82. The van der Waals surface area contributed by atoms with E-state index < -0.39 is 17.8 Å². The second-order valence-corrected chi connectivity index (χ2v) is 6.47. The third-order valence-electron chi connectivity index (χ3n) is 4.18. The van der Waals surface area contributed by atoms with Crippen LogP contribution in [-0.2, 0) is 9.59 Å². The first-order chi connectivity index (χ1) is 9.58. The first-order valence-electron chi connectivity index (χ1n) is 6.54. The van der Waals surface area contributed by atoms with Gasteiger partial charge in [0.15, 0.2) is 0 Å². The minimum Gasteiger partial charge on any atom is -0.481 e. The van der Waals surface area contributed by atoms with E-state index in [0.29, 0.717) is 0 Å². The second kappa shape index (κ2) is 5.20. The lowest BCUT2D eigenvalue weighted by molar-refractivity contribution is -0.146. The number of carboxylic acid groups (broad SMARTS) is 1. The van der Waals surface area contributed by atoms with Crippen molar-refractivity contribution < 1.29 is 14.7 Å². The minimum atomic E-state index is -0.871. The summed E-state index contributed by atoms with van der Waals surface area (Å²) in [5.41, 5.74) is 0.744. The quantitative estimate of drug-likeness (QED) is 0.623. The van der Waals surface area contributed by atoms with Gasteiger partial charge in [0, 0.05) is 3.57 Å². The first kappa shape index (κ1) is 13.6. The van der Waals surface area contributed by atoms with Gasteiger partial charge in [-0.1, -0.05) is 24.3 Å². The number of nitrogens with one attached hydrogen (secondary N) is 1. The number of carbonyl (C=O) groups is 2. The van der Waals surface area contributed by atoms with Crippen LogP contribution in [0.3, 0.4) is 0 Å². The van der Waals surface area contributed by atoms with E-state index in [9.17, 15) is 14.7 Å². The van der Waals surface area contributed by atoms with Gasteiger partial charge in [0.2, 0.25) is 5.91 Å². The molecule has 0 saturated heterocycles. The summed E-state index contributed by atoms with van der Waals surface area (Å²) in [5.74, 6) is -2.04. The monoisotopic (exact) mass is 383 g/mol. The van der Waals surface area contributed by atoms with Crippen LogP contribution < -0.4 is 5.32 Å². The molecule has 0 heterocycles. The Hall–Kier alpha value is -1.37. The van der Waals surface area contributed by atoms with Crippen LogP contribution in [0.5, 0.6) is 0 Å². The molecule has 0 spiro atoms. The number of fused-ring (bicyclic) bond motifs is 2. The van der Waals surface area contributed by atoms with Crippen molar-refractivity contribution in [1.82, 2.24) is 0 Å². The number of carboxylic acids is 1. The molecule has 0 aliphatic heterocycles. The lowest BCUT2D eigenvalue weighted by atomic mass is 9.82. The van der Waals surface area contributed by atoms with Gasteiger partial charge in [-0.15, -0.1) is 0 Å². The molecule has 1 saturated carbocycles. The van der Waals surface area contributed by atoms with E-state index in [1.807, 2.05) is 36.4 Å². The molecule has 1 aromatic carbocycles. The molecular weight excluding hydrogens is 369 g/mol. The number of amides is 1. The Kier molecular flexibility index (Phi) is 3.54. The number of hydrogen-bond donors (Lipinski definition) is 2. The Morgan fingerprint density at radius 3 is 2.45 bits per heavy atom. The standard InChI is InChI=1S/C15H14INO3/c16-10-3-1-2-4-11(10)17-14(18)12-8-5-6-9(7-8)13(12)15(19)20/h1-6,8-9,12-13H,7H2,(H,17,18)(H,19,20). The maximum atomic E-state index is 12.5. The number of anilines is 1. The van der Waals surface area contributed by atoms with Crippen LogP contribution in [0.1, 0.15) is 6.42 Å². The third-order valence-corrected chi connectivity index (χ3v) is 5.12. The van der Waals surface area contributed by atoms with Crippen molar-refractivity contribution in [2.24, 2.45) is 23.7 Å². The molecule has 20 heavy (non-hydrogen) atoms. The van der Waals surface area contributed by atoms with Crippen LogP contribution in [0.15, 0.2) is 36.4 Å². The summed E-state index contributed by atoms with van der Waals surface area (Å²) in [6, 6.07) is 7.49. The number of aliphatic carboxylic acids is 1. The SMILES string of the molecule is O=C(O)C1C2C=CC(C2)C1C(=O)Nc1ccccc1I. The van der Waals surface area contributed by atoms with Gasteiger partial charge in [0.25, 0.3) is 0 Å². The Balaban J connectivity index is 1.82. The van der Waals surface area contributed by atoms with Crippen LogP contribution >= 0.6 is 22.6 Å². The predicted molar refractivity (Wildman–Crippen MR) is 83.1 cm³/mol. The number of carbonyl (C=O) groups excluding carboxylic acids is 1. The summed E-state index contributed by atoms with van der Waals surface area (Å²) in [4.78, 5) is 23.9. The Bertz CT molecular complexity index is 599. The van der Waals surface area contributed by atoms with Crippen molar-refractivity contribution in [3.63, 3.8) is 0 Å². The average Bonchev–Trinajstić information content (AvgIpc) is 3.01. The maximum Gasteiger partial charge on any atom is 0.307 e. The zero-order chi connectivity index (χ0) is 14.3. The van der Waals surface area contributed by atoms with E-state index in [-0.39, 0.29) is 17.7 Å². The van der Waals surface area contributed by atoms with Crippen molar-refractivity contribution in [2.45, 2.75) is 6.42 Å². The van der Waals surface area contributed by atoms with E-state index in [0.717, 1.165) is 15.7 Å². The third kappa shape index (κ3) is 2.24. The van der Waals surface area contributed by atoms with Crippen molar-refractivity contribution in [1.29, 1.82) is 0 Å². The number of rotatable bonds is 3. The molecular formula is C15H14INO3. The lowest BCUT2D eigenvalue weighted by Gasteiger charge is -2.24. The summed E-state index contributed by atoms with van der Waals surface area (Å²) in [7, 11) is 0. The fraction of sp³-hybridized carbons (Fsp3) is 0.333. The molecule has 4 atom stereocenters. The number of benzene rings is 1. The molecule has 2 aliphatic rings. The van der Waals surface area contributed by atoms with Gasteiger partial charge < -0.3 is 10.4 Å². The molecule has 1 amide bonds. The molecule has 2 aliphatic carbocycles. The van der Waals surface area contributed by atoms with E-state index in [2.05, 4.69) is 27.9 Å². The Morgan fingerprint density at radius 2 is 1.80 bits per heavy atom. The number of para-hydroxylation sites is 1. The molecule has 2 bridgehead atoms. The van der Waals surface area contributed by atoms with E-state index in [1.54, 1.807) is 0 Å². The van der Waals surface area contributed by atoms with Crippen molar-refractivity contribution in [3.8, 4) is 0 Å². The smallest absolute Gasteiger partial charge is 0.307 e. The van der Waals surface area contributed by atoms with E-state index in [1.165, 1.54) is 0 Å². The molecule has 3 rings (SSSR count). The van der Waals surface area contributed by atoms with E-state index >= 15 is 0 Å². The van der Waals surface area contributed by atoms with Gasteiger partial charge >= 0.3 is 5.97 Å². The molecule has 104 valence electrons. The highest BCUT2D eigenvalue weighted by Gasteiger charge is 2.51. The normalized spacial score (nSPS) is 30.4. The molecule has 0 aromatic heterocycles. The number of halogens is 1. The van der Waals surface area contributed by atoms with Crippen molar-refractivity contribution in [2.75, 3.05) is 5.32 Å². The summed E-state index contributed by atoms with van der Waals surface area (Å²) in [6.07, 6.45) is 4.71. The first-order valence-corrected chi connectivity index (χ1v) is 7.62. The summed E-state index contributed by atoms with van der Waals surface area (Å²) in [5, 5.41) is 12.2. The van der Waals surface area contributed by atoms with Crippen LogP contribution in [-0.4, -0.2) is 17.0 Å². The fourth-order valence-electron chi connectivity index (χ4n) is 3.29. The summed E-state index contributed by atoms with van der Waals surface area (Å²) < 4.78 is 0.948. The van der Waals surface area contributed by atoms with E-state index in [4.69, 9.17) is 0 Å². The van der Waals surface area contributed by atoms with Gasteiger partial charge in [-0.25, -0.2) is 0 Å². The summed E-state index contributed by atoms with van der Waals surface area (Å²) in [6.45, 7) is 0. The van der Waals surface area contributed by atoms with Crippen molar-refractivity contribution >= 4 is 40.2 Å². The lowest BCUT2D eigenvalue weighted by Crippen LogP contribution is -2.36. The zero-order valence-corrected chi connectivity index (χ0v) is 12.8. The molecule has 4 nitrogen and oxygen atoms in total. The van der Waals surface area contributed by atoms with Crippen LogP contribution in [0.2, 0.25) is 0 Å². The highest BCUT2D eigenvalue weighted by Crippen LogP contribution is 2.48. The second-order valence-electron chi connectivity index (χ2n) is 5.31. The molecule has 1 aromatic rings. The largest absolute Gasteiger partial charge is 0.481 e. The van der Waals surface area contributed by atoms with Crippen LogP contribution in [0.4, 0.5) is 5.69 Å². The van der Waals surface area contributed by atoms with Crippen molar-refractivity contribution in [3.05, 3.63) is 40.0 Å². The highest BCUT2D eigenvalue weighted by atomic mass is 127. The number of hydrogen-bond acceptors (Lipinski definition) is 2. The highest BCUT2D eigenvalue weighted by molar-refractivity contribution is 14.1. The van der Waals surface area contributed by atoms with Gasteiger partial charge in [-0.05, 0) is 53.0 Å². The Labute approximate surface area is 130 Å². The molecule has 2 N–H and O–H groups in total. The van der Waals surface area contributed by atoms with Gasteiger partial charge in [-0.3, -0.25) is 9.59 Å². The van der Waals surface area contributed by atoms with Crippen LogP contribution in [0, 0.1) is 27.2 Å². The topological polar surface area (TPSA) is 66.4 Å². The molecule has 5 heteroatoms. The molecule has 4 unspecified atom stereocenters. The van der Waals surface area contributed by atoms with Gasteiger partial charge in [0.05, 0.1) is 17.5 Å². The summed E-state index contributed by atoms with van der Waals surface area (Å²) >= 11 is 2.15. The predicted octanol–water partition coefficient (Wildman–Crippen LogP) is 2.75. The maximum absolute atomic E-state index is 12.5. The zero-order valence-electron chi connectivity index (χ0n) is 10.6. The minimum absolute atomic E-state index is 0.00287. The molecule has 0 radical (unpaired) electrons. The van der Waals surface area contributed by atoms with Gasteiger partial charge in [-0.2, -0.15) is 0 Å².